The van der Waals surface area contributed by atoms with E-state index in [9.17, 15) is 0 Å². The molecule has 1 aliphatic heterocycles. The van der Waals surface area contributed by atoms with Crippen molar-refractivity contribution in [1.29, 1.82) is 0 Å². The zero-order valence-corrected chi connectivity index (χ0v) is 43.5. The molecule has 370 valence electrons. The smallest absolute Gasteiger partial charge is 0.143 e. The van der Waals surface area contributed by atoms with Gasteiger partial charge in [0.25, 0.3) is 0 Å². The molecule has 0 spiro atoms. The Morgan fingerprint density at radius 3 is 1.56 bits per heavy atom. The minimum absolute atomic E-state index is 0.136. The molecule has 2 aliphatic rings. The molecule has 1 aliphatic carbocycles. The van der Waals surface area contributed by atoms with Gasteiger partial charge in [-0.1, -0.05) is 184 Å². The molecule has 0 fully saturated rings. The first-order valence-corrected chi connectivity index (χ1v) is 27.3. The van der Waals surface area contributed by atoms with Crippen LogP contribution in [0.4, 0.5) is 17.1 Å². The van der Waals surface area contributed by atoms with Crippen LogP contribution in [0.1, 0.15) is 25.0 Å². The molecule has 0 unspecified atom stereocenters. The first-order valence-electron chi connectivity index (χ1n) is 27.3. The quantitative estimate of drug-likeness (QED) is 0.172. The van der Waals surface area contributed by atoms with Crippen LogP contribution < -0.4 is 4.90 Å². The molecule has 0 N–H and O–H groups in total. The Hall–Kier alpha value is -10.2. The van der Waals surface area contributed by atoms with E-state index in [-0.39, 0.29) is 5.41 Å². The molecule has 3 aromatic heterocycles. The van der Waals surface area contributed by atoms with Crippen molar-refractivity contribution in [1.82, 2.24) is 4.57 Å². The van der Waals surface area contributed by atoms with Crippen molar-refractivity contribution in [2.75, 3.05) is 4.90 Å². The number of benzene rings is 12. The fourth-order valence-corrected chi connectivity index (χ4v) is 13.6. The molecule has 12 aromatic carbocycles. The third-order valence-corrected chi connectivity index (χ3v) is 17.4. The summed E-state index contributed by atoms with van der Waals surface area (Å²) < 4.78 is 15.2. The van der Waals surface area contributed by atoms with Crippen LogP contribution in [0.2, 0.25) is 0 Å². The van der Waals surface area contributed by atoms with Crippen LogP contribution in [0, 0.1) is 0 Å². The van der Waals surface area contributed by atoms with Gasteiger partial charge in [-0.15, -0.1) is 0 Å². The van der Waals surface area contributed by atoms with Gasteiger partial charge < -0.3 is 18.3 Å². The van der Waals surface area contributed by atoms with Gasteiger partial charge in [0.15, 0.2) is 0 Å². The molecule has 0 bridgehead atoms. The minimum atomic E-state index is -0.136. The summed E-state index contributed by atoms with van der Waals surface area (Å²) in [5.74, 6) is 0. The third-order valence-electron chi connectivity index (χ3n) is 17.4. The molecule has 4 nitrogen and oxygen atoms in total. The SMILES string of the molecule is CC1(C)c2ccccc2-c2c(N3c4ccccc4-c4ccccc4-c4cc(-c5ccc6c(c5)c5cc(-c7ccc8oc9ccccc9c8c7)ccc5n6-c5ccc(-c6cccc7c6oc6ccccc67)cc5)ccc43)cccc21. The molecule has 0 atom stereocenters. The average molecular weight is 1010 g/mol. The zero-order chi connectivity index (χ0) is 52.1. The number of hydrogen-bond acceptors (Lipinski definition) is 3. The molecular formula is C75H48N2O2. The number of nitrogens with zero attached hydrogens (tertiary/aromatic N) is 2. The number of furan rings is 2. The molecular weight excluding hydrogens is 961 g/mol. The van der Waals surface area contributed by atoms with Crippen molar-refractivity contribution >= 4 is 82.7 Å². The van der Waals surface area contributed by atoms with Crippen molar-refractivity contribution in [3.05, 3.63) is 266 Å². The predicted molar refractivity (Wildman–Crippen MR) is 328 cm³/mol. The lowest BCUT2D eigenvalue weighted by Crippen LogP contribution is -2.16. The summed E-state index contributed by atoms with van der Waals surface area (Å²) in [6.45, 7) is 4.73. The minimum Gasteiger partial charge on any atom is -0.456 e. The second-order valence-corrected chi connectivity index (χ2v) is 21.9. The summed E-state index contributed by atoms with van der Waals surface area (Å²) in [7, 11) is 0. The van der Waals surface area contributed by atoms with Crippen molar-refractivity contribution in [3.63, 3.8) is 0 Å². The van der Waals surface area contributed by atoms with Crippen LogP contribution in [0.25, 0.3) is 138 Å². The topological polar surface area (TPSA) is 34.5 Å². The molecule has 0 saturated heterocycles. The number of fused-ring (bicyclic) bond motifs is 17. The molecule has 0 saturated carbocycles. The van der Waals surface area contributed by atoms with Crippen LogP contribution in [0.5, 0.6) is 0 Å². The lowest BCUT2D eigenvalue weighted by Gasteiger charge is -2.30. The van der Waals surface area contributed by atoms with E-state index in [1.807, 2.05) is 24.3 Å². The molecule has 79 heavy (non-hydrogen) atoms. The molecule has 4 heterocycles. The Balaban J connectivity index is 0.852. The van der Waals surface area contributed by atoms with E-state index in [4.69, 9.17) is 8.83 Å². The fraction of sp³-hybridized carbons (Fsp3) is 0.0400. The highest BCUT2D eigenvalue weighted by molar-refractivity contribution is 6.14. The first-order chi connectivity index (χ1) is 38.9. The number of rotatable bonds is 5. The summed E-state index contributed by atoms with van der Waals surface area (Å²) in [6.07, 6.45) is 0. The van der Waals surface area contributed by atoms with E-state index in [2.05, 4.69) is 254 Å². The maximum absolute atomic E-state index is 6.51. The van der Waals surface area contributed by atoms with E-state index in [1.54, 1.807) is 0 Å². The molecule has 0 amide bonds. The maximum Gasteiger partial charge on any atom is 0.143 e. The standard InChI is InChI=1S/C75H48N2O2/c1-75(2)63-23-9-5-20-58(63)73-64(75)24-14-26-69(73)77-65-25-10-6-17-54(65)52-15-3-4-16-53(52)59-41-46(33-39-68(59)77)47-31-37-66-60(42-47)61-43-48(49-34-40-72-62(44-49)56-19-8-11-27-70(56)78-72)32-38-67(61)76(66)50-35-29-45(30-36-50)51-21-13-22-57-55-18-7-12-28-71(55)79-74(51)57/h3-44H,1-2H3. The van der Waals surface area contributed by atoms with E-state index in [1.165, 1.54) is 66.7 Å². The normalized spacial score (nSPS) is 13.3. The van der Waals surface area contributed by atoms with Gasteiger partial charge in [0.1, 0.15) is 22.3 Å². The van der Waals surface area contributed by atoms with E-state index < -0.39 is 0 Å². The summed E-state index contributed by atoms with van der Waals surface area (Å²) >= 11 is 0. The lowest BCUT2D eigenvalue weighted by molar-refractivity contribution is 0.660. The fourth-order valence-electron chi connectivity index (χ4n) is 13.6. The van der Waals surface area contributed by atoms with Gasteiger partial charge >= 0.3 is 0 Å². The summed E-state index contributed by atoms with van der Waals surface area (Å²) in [6, 6.07) is 93.6. The molecule has 4 heteroatoms. The van der Waals surface area contributed by atoms with Gasteiger partial charge in [-0.25, -0.2) is 0 Å². The molecule has 0 radical (unpaired) electrons. The van der Waals surface area contributed by atoms with Gasteiger partial charge in [0.05, 0.1) is 28.1 Å². The Bertz CT molecular complexity index is 5060. The summed E-state index contributed by atoms with van der Waals surface area (Å²) in [5.41, 5.74) is 27.3. The van der Waals surface area contributed by atoms with Crippen LogP contribution >= 0.6 is 0 Å². The number of aromatic nitrogens is 1. The van der Waals surface area contributed by atoms with Crippen molar-refractivity contribution in [3.8, 4) is 72.4 Å². The second-order valence-electron chi connectivity index (χ2n) is 21.9. The largest absolute Gasteiger partial charge is 0.456 e. The third kappa shape index (κ3) is 6.37. The average Bonchev–Trinajstić information content (AvgIpc) is 4.29. The molecule has 15 aromatic rings. The van der Waals surface area contributed by atoms with Gasteiger partial charge in [-0.05, 0) is 141 Å². The van der Waals surface area contributed by atoms with Gasteiger partial charge in [-0.2, -0.15) is 0 Å². The van der Waals surface area contributed by atoms with Crippen molar-refractivity contribution in [2.24, 2.45) is 0 Å². The number of para-hydroxylation sites is 4. The van der Waals surface area contributed by atoms with Crippen molar-refractivity contribution < 1.29 is 8.83 Å². The summed E-state index contributed by atoms with van der Waals surface area (Å²) in [4.78, 5) is 2.54. The first kappa shape index (κ1) is 44.0. The van der Waals surface area contributed by atoms with Gasteiger partial charge in [-0.3, -0.25) is 0 Å². The van der Waals surface area contributed by atoms with Crippen LogP contribution in [0.3, 0.4) is 0 Å². The highest BCUT2D eigenvalue weighted by Crippen LogP contribution is 2.58. The monoisotopic (exact) mass is 1010 g/mol. The van der Waals surface area contributed by atoms with Gasteiger partial charge in [0.2, 0.25) is 0 Å². The highest BCUT2D eigenvalue weighted by atomic mass is 16.3. The van der Waals surface area contributed by atoms with E-state index in [0.717, 1.165) is 99.7 Å². The Kier molecular flexibility index (Phi) is 9.15. The van der Waals surface area contributed by atoms with E-state index in [0.29, 0.717) is 0 Å². The number of hydrogen-bond donors (Lipinski definition) is 0. The Morgan fingerprint density at radius 1 is 0.304 bits per heavy atom. The van der Waals surface area contributed by atoms with Crippen LogP contribution in [-0.4, -0.2) is 4.57 Å². The lowest BCUT2D eigenvalue weighted by atomic mass is 9.82. The summed E-state index contributed by atoms with van der Waals surface area (Å²) in [5, 5.41) is 6.87. The van der Waals surface area contributed by atoms with Crippen LogP contribution in [0.15, 0.2) is 264 Å². The Labute approximate surface area is 456 Å². The van der Waals surface area contributed by atoms with E-state index >= 15 is 0 Å². The van der Waals surface area contributed by atoms with Crippen molar-refractivity contribution in [2.45, 2.75) is 19.3 Å². The zero-order valence-electron chi connectivity index (χ0n) is 43.5. The maximum atomic E-state index is 6.51. The molecule has 17 rings (SSSR count). The number of anilines is 3. The highest BCUT2D eigenvalue weighted by Gasteiger charge is 2.39. The van der Waals surface area contributed by atoms with Crippen LogP contribution in [-0.2, 0) is 5.41 Å². The van der Waals surface area contributed by atoms with Gasteiger partial charge in [0, 0.05) is 65.7 Å². The predicted octanol–water partition coefficient (Wildman–Crippen LogP) is 21.0. The Morgan fingerprint density at radius 2 is 0.797 bits per heavy atom. The second kappa shape index (κ2) is 16.4.